The van der Waals surface area contributed by atoms with Gasteiger partial charge in [0.15, 0.2) is 0 Å². The minimum atomic E-state index is -0.294. The quantitative estimate of drug-likeness (QED) is 0.524. The number of allylic oxidation sites excluding steroid dienone is 2. The predicted octanol–water partition coefficient (Wildman–Crippen LogP) is 4.21. The highest BCUT2D eigenvalue weighted by Gasteiger charge is 2.53. The SMILES string of the molecule is C=C1CC[C@H](Br)C(C)(C)[C@]12CC=C(C)[C@@H](O)C2. The third-order valence-electron chi connectivity index (χ3n) is 5.23. The molecule has 0 unspecified atom stereocenters. The number of halogens is 1. The van der Waals surface area contributed by atoms with Crippen LogP contribution in [0.3, 0.4) is 0 Å². The first-order chi connectivity index (χ1) is 7.81. The summed E-state index contributed by atoms with van der Waals surface area (Å²) in [6.45, 7) is 11.0. The molecule has 1 N–H and O–H groups in total. The molecule has 2 aliphatic rings. The summed E-state index contributed by atoms with van der Waals surface area (Å²) < 4.78 is 0. The number of hydrogen-bond donors (Lipinski definition) is 1. The van der Waals surface area contributed by atoms with E-state index in [2.05, 4.69) is 42.4 Å². The molecule has 0 aromatic carbocycles. The van der Waals surface area contributed by atoms with Gasteiger partial charge in [-0.3, -0.25) is 0 Å². The highest BCUT2D eigenvalue weighted by Crippen LogP contribution is 2.61. The molecule has 0 saturated heterocycles. The van der Waals surface area contributed by atoms with E-state index in [1.165, 1.54) is 5.57 Å². The van der Waals surface area contributed by atoms with Crippen LogP contribution >= 0.6 is 15.9 Å². The Morgan fingerprint density at radius 3 is 2.71 bits per heavy atom. The fourth-order valence-corrected chi connectivity index (χ4v) is 4.18. The fourth-order valence-electron chi connectivity index (χ4n) is 3.52. The zero-order valence-corrected chi connectivity index (χ0v) is 12.7. The molecule has 17 heavy (non-hydrogen) atoms. The average molecular weight is 299 g/mol. The summed E-state index contributed by atoms with van der Waals surface area (Å²) in [5.74, 6) is 0. The van der Waals surface area contributed by atoms with Crippen molar-refractivity contribution in [1.29, 1.82) is 0 Å². The fraction of sp³-hybridized carbons (Fsp3) is 0.733. The van der Waals surface area contributed by atoms with Gasteiger partial charge < -0.3 is 5.11 Å². The van der Waals surface area contributed by atoms with E-state index in [0.717, 1.165) is 31.3 Å². The van der Waals surface area contributed by atoms with Crippen LogP contribution < -0.4 is 0 Å². The molecule has 1 saturated carbocycles. The third-order valence-corrected chi connectivity index (χ3v) is 6.84. The van der Waals surface area contributed by atoms with Gasteiger partial charge in [-0.15, -0.1) is 0 Å². The number of rotatable bonds is 0. The molecule has 0 aromatic rings. The highest BCUT2D eigenvalue weighted by atomic mass is 79.9. The van der Waals surface area contributed by atoms with Crippen molar-refractivity contribution >= 4 is 15.9 Å². The normalized spacial score (nSPS) is 41.5. The average Bonchev–Trinajstić information content (AvgIpc) is 2.27. The largest absolute Gasteiger partial charge is 0.389 e. The molecule has 1 fully saturated rings. The molecule has 3 atom stereocenters. The zero-order valence-electron chi connectivity index (χ0n) is 11.1. The Hall–Kier alpha value is -0.0800. The summed E-state index contributed by atoms with van der Waals surface area (Å²) in [6, 6.07) is 0. The molecule has 0 aromatic heterocycles. The van der Waals surface area contributed by atoms with E-state index in [4.69, 9.17) is 0 Å². The second-order valence-electron chi connectivity index (χ2n) is 6.29. The monoisotopic (exact) mass is 298 g/mol. The number of aliphatic hydroxyl groups excluding tert-OH is 1. The number of alkyl halides is 1. The summed E-state index contributed by atoms with van der Waals surface area (Å²) in [5, 5.41) is 10.2. The molecule has 0 bridgehead atoms. The maximum atomic E-state index is 10.2. The van der Waals surface area contributed by atoms with E-state index >= 15 is 0 Å². The van der Waals surface area contributed by atoms with Gasteiger partial charge in [0, 0.05) is 10.2 Å². The molecule has 96 valence electrons. The third kappa shape index (κ3) is 1.84. The summed E-state index contributed by atoms with van der Waals surface area (Å²) in [7, 11) is 0. The summed E-state index contributed by atoms with van der Waals surface area (Å²) in [4.78, 5) is 0.513. The van der Waals surface area contributed by atoms with Crippen LogP contribution in [0.15, 0.2) is 23.8 Å². The molecule has 2 rings (SSSR count). The molecule has 1 nitrogen and oxygen atoms in total. The highest BCUT2D eigenvalue weighted by molar-refractivity contribution is 9.09. The van der Waals surface area contributed by atoms with Crippen LogP contribution in [-0.2, 0) is 0 Å². The lowest BCUT2D eigenvalue weighted by Gasteiger charge is -2.56. The molecular weight excluding hydrogens is 276 g/mol. The summed E-state index contributed by atoms with van der Waals surface area (Å²) in [5.41, 5.74) is 2.68. The van der Waals surface area contributed by atoms with Gasteiger partial charge in [0.05, 0.1) is 6.10 Å². The lowest BCUT2D eigenvalue weighted by atomic mass is 9.51. The zero-order chi connectivity index (χ0) is 12.8. The van der Waals surface area contributed by atoms with Gasteiger partial charge in [-0.05, 0) is 43.6 Å². The van der Waals surface area contributed by atoms with Crippen molar-refractivity contribution in [2.45, 2.75) is 57.4 Å². The maximum absolute atomic E-state index is 10.2. The Morgan fingerprint density at radius 2 is 2.12 bits per heavy atom. The number of aliphatic hydroxyl groups is 1. The van der Waals surface area contributed by atoms with Crippen LogP contribution in [0, 0.1) is 10.8 Å². The molecular formula is C15H23BrO. The van der Waals surface area contributed by atoms with E-state index in [0.29, 0.717) is 4.83 Å². The van der Waals surface area contributed by atoms with Crippen LogP contribution in [0.25, 0.3) is 0 Å². The van der Waals surface area contributed by atoms with Gasteiger partial charge in [-0.25, -0.2) is 0 Å². The van der Waals surface area contributed by atoms with E-state index in [-0.39, 0.29) is 16.9 Å². The lowest BCUT2D eigenvalue weighted by Crippen LogP contribution is -2.51. The molecule has 0 heterocycles. The molecule has 2 aliphatic carbocycles. The van der Waals surface area contributed by atoms with Crippen molar-refractivity contribution in [1.82, 2.24) is 0 Å². The lowest BCUT2D eigenvalue weighted by molar-refractivity contribution is 0.0214. The van der Waals surface area contributed by atoms with Crippen molar-refractivity contribution in [3.05, 3.63) is 23.8 Å². The van der Waals surface area contributed by atoms with Crippen molar-refractivity contribution in [3.63, 3.8) is 0 Å². The maximum Gasteiger partial charge on any atom is 0.0756 e. The topological polar surface area (TPSA) is 20.2 Å². The minimum absolute atomic E-state index is 0.0678. The van der Waals surface area contributed by atoms with Crippen LogP contribution in [0.4, 0.5) is 0 Å². The van der Waals surface area contributed by atoms with Gasteiger partial charge in [0.25, 0.3) is 0 Å². The Labute approximate surface area is 113 Å². The second-order valence-corrected chi connectivity index (χ2v) is 7.39. The van der Waals surface area contributed by atoms with Crippen LogP contribution in [0.2, 0.25) is 0 Å². The Balaban J connectivity index is 2.43. The van der Waals surface area contributed by atoms with Crippen molar-refractivity contribution in [2.75, 3.05) is 0 Å². The van der Waals surface area contributed by atoms with Crippen LogP contribution in [0.1, 0.15) is 46.5 Å². The predicted molar refractivity (Wildman–Crippen MR) is 76.3 cm³/mol. The second kappa shape index (κ2) is 4.24. The van der Waals surface area contributed by atoms with E-state index in [1.807, 2.05) is 6.92 Å². The van der Waals surface area contributed by atoms with Crippen molar-refractivity contribution in [3.8, 4) is 0 Å². The Morgan fingerprint density at radius 1 is 1.47 bits per heavy atom. The summed E-state index contributed by atoms with van der Waals surface area (Å²) >= 11 is 3.84. The Kier molecular flexibility index (Phi) is 3.33. The first-order valence-electron chi connectivity index (χ1n) is 6.48. The Bertz CT molecular complexity index is 369. The van der Waals surface area contributed by atoms with Crippen molar-refractivity contribution < 1.29 is 5.11 Å². The van der Waals surface area contributed by atoms with E-state index < -0.39 is 0 Å². The first kappa shape index (κ1) is 13.4. The van der Waals surface area contributed by atoms with E-state index in [1.54, 1.807) is 0 Å². The molecule has 0 amide bonds. The van der Waals surface area contributed by atoms with Gasteiger partial charge in [-0.2, -0.15) is 0 Å². The van der Waals surface area contributed by atoms with E-state index in [9.17, 15) is 5.11 Å². The van der Waals surface area contributed by atoms with Gasteiger partial charge in [0.1, 0.15) is 0 Å². The minimum Gasteiger partial charge on any atom is -0.389 e. The van der Waals surface area contributed by atoms with Gasteiger partial charge in [0.2, 0.25) is 0 Å². The molecule has 0 aliphatic heterocycles. The first-order valence-corrected chi connectivity index (χ1v) is 7.40. The van der Waals surface area contributed by atoms with Crippen molar-refractivity contribution in [2.24, 2.45) is 10.8 Å². The molecule has 1 spiro atoms. The molecule has 2 heteroatoms. The van der Waals surface area contributed by atoms with Gasteiger partial charge in [-0.1, -0.05) is 48.0 Å². The van der Waals surface area contributed by atoms with Crippen LogP contribution in [-0.4, -0.2) is 16.0 Å². The smallest absolute Gasteiger partial charge is 0.0756 e. The summed E-state index contributed by atoms with van der Waals surface area (Å²) in [6.07, 6.45) is 6.03. The number of hydrogen-bond acceptors (Lipinski definition) is 1. The standard InChI is InChI=1S/C15H23BrO/c1-10-7-8-15(9-12(10)17)11(2)5-6-13(16)14(15,3)4/h7,12-13,17H,2,5-6,8-9H2,1,3-4H3/t12-,13-,15-/m0/s1. The van der Waals surface area contributed by atoms with Crippen LogP contribution in [0.5, 0.6) is 0 Å². The van der Waals surface area contributed by atoms with Gasteiger partial charge >= 0.3 is 0 Å². The molecule has 0 radical (unpaired) electrons.